The molecule has 306 valence electrons. The van der Waals surface area contributed by atoms with Crippen molar-refractivity contribution < 1.29 is 28.9 Å². The Hall–Kier alpha value is -5.67. The molecular weight excluding hydrogens is 739 g/mol. The molecule has 59 heavy (non-hydrogen) atoms. The van der Waals surface area contributed by atoms with Crippen molar-refractivity contribution >= 4 is 11.9 Å². The number of nitrogens with zero attached hydrogens (tertiary/aromatic N) is 2. The zero-order chi connectivity index (χ0) is 40.9. The van der Waals surface area contributed by atoms with Crippen molar-refractivity contribution in [1.29, 1.82) is 0 Å². The van der Waals surface area contributed by atoms with Gasteiger partial charge in [0.2, 0.25) is 5.91 Å². The number of aryl methyl sites for hydroxylation is 1. The van der Waals surface area contributed by atoms with Crippen LogP contribution in [0.15, 0.2) is 103 Å². The Morgan fingerprint density at radius 3 is 2.42 bits per heavy atom. The molecule has 3 aliphatic rings. The van der Waals surface area contributed by atoms with Crippen molar-refractivity contribution in [2.75, 3.05) is 13.2 Å². The molecular formula is C50H55N3O6. The third-order valence-electron chi connectivity index (χ3n) is 12.7. The number of carboxylic acids is 1. The van der Waals surface area contributed by atoms with Gasteiger partial charge >= 0.3 is 5.97 Å². The van der Waals surface area contributed by atoms with Gasteiger partial charge in [0.15, 0.2) is 17.6 Å². The highest BCUT2D eigenvalue weighted by Gasteiger charge is 2.39. The third kappa shape index (κ3) is 9.00. The Bertz CT molecular complexity index is 2250. The molecule has 9 nitrogen and oxygen atoms in total. The number of benzene rings is 4. The first-order valence-corrected chi connectivity index (χ1v) is 21.3. The molecule has 1 fully saturated rings. The van der Waals surface area contributed by atoms with Crippen molar-refractivity contribution in [3.63, 3.8) is 0 Å². The molecule has 8 rings (SSSR count). The van der Waals surface area contributed by atoms with Crippen LogP contribution in [0.2, 0.25) is 0 Å². The highest BCUT2D eigenvalue weighted by Crippen LogP contribution is 2.43. The minimum absolute atomic E-state index is 0.0816. The number of hydrogen-bond acceptors (Lipinski definition) is 7. The summed E-state index contributed by atoms with van der Waals surface area (Å²) in [7, 11) is 0. The summed E-state index contributed by atoms with van der Waals surface area (Å²) < 4.78 is 19.0. The SMILES string of the molecule is CC[C@@H](c1ccccc1)N1Cc2cc3c(cc2C[C@H]1C(=O)N[C@@H](Cc1ccccc1-c1ccnc(C)c1C)C(=O)O)OC[C@H](c1ccc(OCCC2CCCC2)cc1)O3. The number of nitrogens with one attached hydrogen (secondary N) is 1. The number of carbonyl (C=O) groups excluding carboxylic acids is 1. The summed E-state index contributed by atoms with van der Waals surface area (Å²) in [6.45, 7) is 7.70. The van der Waals surface area contributed by atoms with Gasteiger partial charge in [0.25, 0.3) is 0 Å². The first-order chi connectivity index (χ1) is 28.7. The molecule has 0 radical (unpaired) electrons. The largest absolute Gasteiger partial charge is 0.494 e. The van der Waals surface area contributed by atoms with Crippen LogP contribution in [0.4, 0.5) is 0 Å². The van der Waals surface area contributed by atoms with Gasteiger partial charge < -0.3 is 24.6 Å². The van der Waals surface area contributed by atoms with Crippen molar-refractivity contribution in [3.8, 4) is 28.4 Å². The second-order valence-corrected chi connectivity index (χ2v) is 16.4. The van der Waals surface area contributed by atoms with Crippen molar-refractivity contribution in [2.24, 2.45) is 5.92 Å². The molecule has 3 heterocycles. The van der Waals surface area contributed by atoms with Gasteiger partial charge in [0, 0.05) is 30.9 Å². The minimum atomic E-state index is -1.14. The van der Waals surface area contributed by atoms with E-state index < -0.39 is 18.1 Å². The number of carbonyl (C=O) groups is 2. The van der Waals surface area contributed by atoms with Crippen molar-refractivity contribution in [3.05, 3.63) is 142 Å². The standard InChI is InChI=1S/C50H55N3O6/c1-4-44(35-14-6-5-7-15-35)53-30-39-29-47-46(58-31-48(59-47)36-18-20-40(21-19-36)57-25-23-34-12-8-9-13-34)28-38(39)27-45(53)49(54)52-43(50(55)56)26-37-16-10-11-17-42(37)41-22-24-51-33(3)32(41)2/h5-7,10-11,14-22,24,28-29,34,43-45,48H,4,8-9,12-13,23,25-27,30-31H2,1-3H3,(H,52,54)(H,55,56)/t43-,44-,45-,48+/m0/s1. The number of fused-ring (bicyclic) bond motifs is 2. The van der Waals surface area contributed by atoms with Gasteiger partial charge in [0.1, 0.15) is 18.4 Å². The summed E-state index contributed by atoms with van der Waals surface area (Å²) in [6.07, 6.45) is 9.23. The molecule has 0 spiro atoms. The molecule has 1 amide bonds. The summed E-state index contributed by atoms with van der Waals surface area (Å²) in [5, 5.41) is 13.5. The van der Waals surface area contributed by atoms with Crippen molar-refractivity contribution in [1.82, 2.24) is 15.2 Å². The van der Waals surface area contributed by atoms with Crippen molar-refractivity contribution in [2.45, 2.75) is 103 Å². The lowest BCUT2D eigenvalue weighted by Crippen LogP contribution is -2.55. The predicted molar refractivity (Wildman–Crippen MR) is 229 cm³/mol. The fourth-order valence-electron chi connectivity index (χ4n) is 9.25. The lowest BCUT2D eigenvalue weighted by molar-refractivity contribution is -0.143. The lowest BCUT2D eigenvalue weighted by atomic mass is 9.88. The van der Waals surface area contributed by atoms with E-state index in [0.29, 0.717) is 31.1 Å². The van der Waals surface area contributed by atoms with Gasteiger partial charge in [-0.2, -0.15) is 0 Å². The highest BCUT2D eigenvalue weighted by molar-refractivity contribution is 5.88. The monoisotopic (exact) mass is 793 g/mol. The van der Waals surface area contributed by atoms with E-state index >= 15 is 0 Å². The molecule has 1 aliphatic carbocycles. The number of ether oxygens (including phenoxy) is 3. The molecule has 1 saturated carbocycles. The van der Waals surface area contributed by atoms with Crippen LogP contribution in [0.25, 0.3) is 11.1 Å². The van der Waals surface area contributed by atoms with Crippen LogP contribution in [0.3, 0.4) is 0 Å². The van der Waals surface area contributed by atoms with Gasteiger partial charge in [-0.1, -0.05) is 99.3 Å². The van der Waals surface area contributed by atoms with Gasteiger partial charge in [-0.3, -0.25) is 14.7 Å². The number of pyridine rings is 1. The van der Waals surface area contributed by atoms with E-state index in [-0.39, 0.29) is 24.5 Å². The fourth-order valence-corrected chi connectivity index (χ4v) is 9.25. The summed E-state index contributed by atoms with van der Waals surface area (Å²) in [5.41, 5.74) is 8.91. The Kier molecular flexibility index (Phi) is 12.3. The van der Waals surface area contributed by atoms with E-state index in [1.807, 2.05) is 80.6 Å². The highest BCUT2D eigenvalue weighted by atomic mass is 16.6. The number of rotatable bonds is 14. The van der Waals surface area contributed by atoms with Crippen LogP contribution in [0.5, 0.6) is 17.2 Å². The Morgan fingerprint density at radius 1 is 0.915 bits per heavy atom. The minimum Gasteiger partial charge on any atom is -0.494 e. The predicted octanol–water partition coefficient (Wildman–Crippen LogP) is 9.53. The zero-order valence-corrected chi connectivity index (χ0v) is 34.4. The maximum absolute atomic E-state index is 14.6. The molecule has 5 aromatic rings. The molecule has 2 N–H and O–H groups in total. The molecule has 1 aromatic heterocycles. The first kappa shape index (κ1) is 40.1. The molecule has 4 aromatic carbocycles. The average molecular weight is 794 g/mol. The molecule has 2 aliphatic heterocycles. The van der Waals surface area contributed by atoms with Gasteiger partial charge in [-0.15, -0.1) is 0 Å². The van der Waals surface area contributed by atoms with E-state index in [1.54, 1.807) is 6.20 Å². The molecule has 0 unspecified atom stereocenters. The van der Waals surface area contributed by atoms with E-state index in [9.17, 15) is 14.7 Å². The maximum Gasteiger partial charge on any atom is 0.326 e. The molecule has 0 bridgehead atoms. The number of hydrogen-bond donors (Lipinski definition) is 2. The summed E-state index contributed by atoms with van der Waals surface area (Å²) >= 11 is 0. The Labute approximate surface area is 347 Å². The maximum atomic E-state index is 14.6. The zero-order valence-electron chi connectivity index (χ0n) is 34.4. The van der Waals surface area contributed by atoms with E-state index in [1.165, 1.54) is 25.7 Å². The lowest BCUT2D eigenvalue weighted by Gasteiger charge is -2.42. The topological polar surface area (TPSA) is 110 Å². The molecule has 0 saturated heterocycles. The second-order valence-electron chi connectivity index (χ2n) is 16.4. The Morgan fingerprint density at radius 2 is 1.66 bits per heavy atom. The van der Waals surface area contributed by atoms with Gasteiger partial charge in [-0.05, 0) is 114 Å². The van der Waals surface area contributed by atoms with Crippen LogP contribution < -0.4 is 19.5 Å². The van der Waals surface area contributed by atoms with E-state index in [4.69, 9.17) is 14.2 Å². The summed E-state index contributed by atoms with van der Waals surface area (Å²) in [6, 6.07) is 30.4. The van der Waals surface area contributed by atoms with Gasteiger partial charge in [0.05, 0.1) is 12.6 Å². The van der Waals surface area contributed by atoms with E-state index in [2.05, 4.69) is 52.5 Å². The summed E-state index contributed by atoms with van der Waals surface area (Å²) in [4.78, 5) is 34.1. The van der Waals surface area contributed by atoms with Crippen LogP contribution >= 0.6 is 0 Å². The normalized spacial score (nSPS) is 18.8. The average Bonchev–Trinajstić information content (AvgIpc) is 3.78. The van der Waals surface area contributed by atoms with Crippen LogP contribution in [0, 0.1) is 19.8 Å². The van der Waals surface area contributed by atoms with Crippen LogP contribution in [-0.2, 0) is 29.0 Å². The van der Waals surface area contributed by atoms with Gasteiger partial charge in [-0.25, -0.2) is 4.79 Å². The third-order valence-corrected chi connectivity index (χ3v) is 12.7. The summed E-state index contributed by atoms with van der Waals surface area (Å²) in [5.74, 6) is 1.60. The first-order valence-electron chi connectivity index (χ1n) is 21.3. The van der Waals surface area contributed by atoms with Crippen LogP contribution in [0.1, 0.15) is 96.7 Å². The Balaban J connectivity index is 1.02. The number of amides is 1. The van der Waals surface area contributed by atoms with Crippen LogP contribution in [-0.4, -0.2) is 52.2 Å². The number of aliphatic carboxylic acids is 1. The smallest absolute Gasteiger partial charge is 0.326 e. The molecule has 4 atom stereocenters. The van der Waals surface area contributed by atoms with E-state index in [0.717, 1.165) is 81.3 Å². The quantitative estimate of drug-likeness (QED) is 0.115. The number of carboxylic acid groups (broad SMARTS) is 1. The second kappa shape index (κ2) is 18.1. The fraction of sp³-hybridized carbons (Fsp3) is 0.380. The molecule has 9 heteroatoms. The number of aromatic nitrogens is 1.